The summed E-state index contributed by atoms with van der Waals surface area (Å²) in [5.41, 5.74) is 1.24. The highest BCUT2D eigenvalue weighted by Crippen LogP contribution is 2.14. The lowest BCUT2D eigenvalue weighted by Gasteiger charge is -2.34. The van der Waals surface area contributed by atoms with Crippen molar-refractivity contribution in [3.8, 4) is 17.9 Å². The average molecular weight is 316 g/mol. The zero-order valence-corrected chi connectivity index (χ0v) is 13.1. The molecule has 1 aliphatic rings. The Labute approximate surface area is 141 Å². The van der Waals surface area contributed by atoms with Crippen molar-refractivity contribution in [3.05, 3.63) is 59.8 Å². The molecule has 1 fully saturated rings. The van der Waals surface area contributed by atoms with E-state index in [0.29, 0.717) is 31.9 Å². The van der Waals surface area contributed by atoms with Gasteiger partial charge in [0.25, 0.3) is 5.91 Å². The first kappa shape index (κ1) is 15.6. The quantitative estimate of drug-likeness (QED) is 0.751. The summed E-state index contributed by atoms with van der Waals surface area (Å²) in [5.74, 6) is 6.22. The number of pyridine rings is 1. The summed E-state index contributed by atoms with van der Waals surface area (Å²) >= 11 is 0. The molecule has 0 aliphatic carbocycles. The molecule has 1 aromatic carbocycles. The predicted octanol–water partition coefficient (Wildman–Crippen LogP) is 1.65. The summed E-state index contributed by atoms with van der Waals surface area (Å²) < 4.78 is 0. The lowest BCUT2D eigenvalue weighted by molar-refractivity contribution is -0.125. The van der Waals surface area contributed by atoms with E-state index in [2.05, 4.69) is 21.7 Å². The zero-order valence-electron chi connectivity index (χ0n) is 13.1. The van der Waals surface area contributed by atoms with Crippen molar-refractivity contribution in [1.29, 1.82) is 5.26 Å². The lowest BCUT2D eigenvalue weighted by Crippen LogP contribution is -2.48. The first-order valence-corrected chi connectivity index (χ1v) is 7.74. The summed E-state index contributed by atoms with van der Waals surface area (Å²) in [6, 6.07) is 16.9. The Kier molecular flexibility index (Phi) is 4.74. The topological polar surface area (TPSA) is 60.2 Å². The first-order valence-electron chi connectivity index (χ1n) is 7.74. The van der Waals surface area contributed by atoms with Crippen molar-refractivity contribution in [2.75, 3.05) is 31.1 Å². The van der Waals surface area contributed by atoms with Crippen LogP contribution in [0.2, 0.25) is 0 Å². The molecule has 2 heterocycles. The number of carbonyl (C=O) groups is 1. The fourth-order valence-corrected chi connectivity index (χ4v) is 2.53. The molecule has 3 rings (SSSR count). The lowest BCUT2D eigenvalue weighted by atomic mass is 10.2. The standard InChI is InChI=1S/C19H16N4O/c20-15-17-7-4-8-18(21-17)22-11-13-23(14-12-22)19(24)10-9-16-5-2-1-3-6-16/h1-8H,11-14H2. The Morgan fingerprint density at radius 2 is 1.75 bits per heavy atom. The Morgan fingerprint density at radius 3 is 2.46 bits per heavy atom. The van der Waals surface area contributed by atoms with Crippen LogP contribution in [0.3, 0.4) is 0 Å². The highest BCUT2D eigenvalue weighted by Gasteiger charge is 2.20. The maximum atomic E-state index is 12.2. The predicted molar refractivity (Wildman–Crippen MR) is 91.1 cm³/mol. The molecule has 118 valence electrons. The molecule has 2 aromatic rings. The maximum absolute atomic E-state index is 12.2. The third kappa shape index (κ3) is 3.71. The van der Waals surface area contributed by atoms with E-state index < -0.39 is 0 Å². The molecule has 1 aromatic heterocycles. The van der Waals surface area contributed by atoms with Crippen LogP contribution < -0.4 is 4.90 Å². The van der Waals surface area contributed by atoms with Crippen LogP contribution in [0.1, 0.15) is 11.3 Å². The van der Waals surface area contributed by atoms with Crippen molar-refractivity contribution < 1.29 is 4.79 Å². The summed E-state index contributed by atoms with van der Waals surface area (Å²) in [4.78, 5) is 20.3. The SMILES string of the molecule is N#Cc1cccc(N2CCN(C(=O)C#Cc3ccccc3)CC2)n1. The number of hydrogen-bond donors (Lipinski definition) is 0. The zero-order chi connectivity index (χ0) is 16.8. The van der Waals surface area contributed by atoms with E-state index >= 15 is 0 Å². The number of aromatic nitrogens is 1. The second-order valence-electron chi connectivity index (χ2n) is 5.39. The van der Waals surface area contributed by atoms with Gasteiger partial charge in [0.2, 0.25) is 0 Å². The largest absolute Gasteiger partial charge is 0.353 e. The van der Waals surface area contributed by atoms with Crippen molar-refractivity contribution >= 4 is 11.7 Å². The Morgan fingerprint density at radius 1 is 1.00 bits per heavy atom. The molecule has 0 unspecified atom stereocenters. The van der Waals surface area contributed by atoms with Gasteiger partial charge in [0.05, 0.1) is 0 Å². The van der Waals surface area contributed by atoms with E-state index in [9.17, 15) is 4.79 Å². The van der Waals surface area contributed by atoms with Crippen LogP contribution in [0.25, 0.3) is 0 Å². The summed E-state index contributed by atoms with van der Waals surface area (Å²) in [6.45, 7) is 2.56. The average Bonchev–Trinajstić information content (AvgIpc) is 2.67. The van der Waals surface area contributed by atoms with E-state index in [1.807, 2.05) is 48.5 Å². The molecule has 1 saturated heterocycles. The monoisotopic (exact) mass is 316 g/mol. The molecule has 1 amide bonds. The molecule has 5 heteroatoms. The van der Waals surface area contributed by atoms with E-state index in [4.69, 9.17) is 5.26 Å². The highest BCUT2D eigenvalue weighted by atomic mass is 16.2. The van der Waals surface area contributed by atoms with Crippen molar-refractivity contribution in [3.63, 3.8) is 0 Å². The maximum Gasteiger partial charge on any atom is 0.298 e. The van der Waals surface area contributed by atoms with E-state index in [1.165, 1.54) is 0 Å². The van der Waals surface area contributed by atoms with Crippen LogP contribution in [0.5, 0.6) is 0 Å². The number of anilines is 1. The Bertz CT molecular complexity index is 822. The van der Waals surface area contributed by atoms with Gasteiger partial charge in [-0.2, -0.15) is 5.26 Å². The van der Waals surface area contributed by atoms with Crippen LogP contribution >= 0.6 is 0 Å². The van der Waals surface area contributed by atoms with Crippen LogP contribution in [0.15, 0.2) is 48.5 Å². The molecule has 5 nitrogen and oxygen atoms in total. The van der Waals surface area contributed by atoms with Gasteiger partial charge in [0.15, 0.2) is 0 Å². The third-order valence-electron chi connectivity index (χ3n) is 3.83. The van der Waals surface area contributed by atoms with Crippen molar-refractivity contribution in [1.82, 2.24) is 9.88 Å². The fourth-order valence-electron chi connectivity index (χ4n) is 2.53. The van der Waals surface area contributed by atoms with Gasteiger partial charge in [0, 0.05) is 37.7 Å². The second kappa shape index (κ2) is 7.30. The van der Waals surface area contributed by atoms with Gasteiger partial charge in [-0.05, 0) is 24.3 Å². The van der Waals surface area contributed by atoms with Gasteiger partial charge < -0.3 is 9.80 Å². The molecular formula is C19H16N4O. The Balaban J connectivity index is 1.60. The van der Waals surface area contributed by atoms with Crippen LogP contribution in [0, 0.1) is 23.2 Å². The highest BCUT2D eigenvalue weighted by molar-refractivity contribution is 5.94. The number of piperazine rings is 1. The first-order chi connectivity index (χ1) is 11.8. The van der Waals surface area contributed by atoms with Gasteiger partial charge >= 0.3 is 0 Å². The van der Waals surface area contributed by atoms with Gasteiger partial charge in [-0.3, -0.25) is 4.79 Å². The van der Waals surface area contributed by atoms with Crippen LogP contribution in [0.4, 0.5) is 5.82 Å². The Hall–Kier alpha value is -3.31. The van der Waals surface area contributed by atoms with Gasteiger partial charge in [-0.25, -0.2) is 4.98 Å². The molecule has 0 spiro atoms. The minimum Gasteiger partial charge on any atom is -0.353 e. The van der Waals surface area contributed by atoms with Crippen molar-refractivity contribution in [2.45, 2.75) is 0 Å². The van der Waals surface area contributed by atoms with E-state index in [0.717, 1.165) is 11.4 Å². The number of benzene rings is 1. The van der Waals surface area contributed by atoms with Crippen LogP contribution in [-0.2, 0) is 4.79 Å². The minimum absolute atomic E-state index is 0.155. The van der Waals surface area contributed by atoms with Gasteiger partial charge in [-0.1, -0.05) is 30.2 Å². The van der Waals surface area contributed by atoms with E-state index in [-0.39, 0.29) is 5.91 Å². The molecule has 0 atom stereocenters. The van der Waals surface area contributed by atoms with Gasteiger partial charge in [-0.15, -0.1) is 0 Å². The molecule has 0 bridgehead atoms. The molecule has 0 saturated carbocycles. The van der Waals surface area contributed by atoms with E-state index in [1.54, 1.807) is 11.0 Å². The summed E-state index contributed by atoms with van der Waals surface area (Å²) in [6.07, 6.45) is 0. The molecule has 0 radical (unpaired) electrons. The molecular weight excluding hydrogens is 300 g/mol. The smallest absolute Gasteiger partial charge is 0.298 e. The van der Waals surface area contributed by atoms with Crippen LogP contribution in [-0.4, -0.2) is 42.0 Å². The number of hydrogen-bond acceptors (Lipinski definition) is 4. The number of carbonyl (C=O) groups excluding carboxylic acids is 1. The minimum atomic E-state index is -0.155. The van der Waals surface area contributed by atoms with Crippen molar-refractivity contribution in [2.24, 2.45) is 0 Å². The number of amides is 1. The second-order valence-corrected chi connectivity index (χ2v) is 5.39. The number of nitriles is 1. The summed E-state index contributed by atoms with van der Waals surface area (Å²) in [5, 5.41) is 8.93. The third-order valence-corrected chi connectivity index (χ3v) is 3.83. The van der Waals surface area contributed by atoms with Gasteiger partial charge in [0.1, 0.15) is 17.6 Å². The summed E-state index contributed by atoms with van der Waals surface area (Å²) in [7, 11) is 0. The molecule has 1 aliphatic heterocycles. The number of nitrogens with zero attached hydrogens (tertiary/aromatic N) is 4. The normalized spacial score (nSPS) is 13.6. The molecule has 0 N–H and O–H groups in total. The fraction of sp³-hybridized carbons (Fsp3) is 0.211. The molecule has 24 heavy (non-hydrogen) atoms. The number of rotatable bonds is 1.